The molecule has 1 amide bonds. The van der Waals surface area contributed by atoms with E-state index >= 15 is 0 Å². The molecule has 5 heteroatoms. The summed E-state index contributed by atoms with van der Waals surface area (Å²) in [5.74, 6) is 0.262. The lowest BCUT2D eigenvalue weighted by atomic mass is 9.92. The van der Waals surface area contributed by atoms with Crippen molar-refractivity contribution in [2.75, 3.05) is 19.0 Å². The Balaban J connectivity index is 1.84. The van der Waals surface area contributed by atoms with Crippen molar-refractivity contribution in [1.29, 1.82) is 0 Å². The van der Waals surface area contributed by atoms with Crippen LogP contribution in [0.3, 0.4) is 0 Å². The fourth-order valence-corrected chi connectivity index (χ4v) is 4.32. The fourth-order valence-electron chi connectivity index (χ4n) is 4.32. The lowest BCUT2D eigenvalue weighted by molar-refractivity contribution is -0.924. The standard InChI is InChI=1S/C25H32N2O3/c1-16(2)20-11-8-12-21(17(3)4)24(20)26-23(28)15-27-14-19-10-7-6-9-18(19)13-22(27)25(29)30-5/h6-12,16-17,22H,13-15H2,1-5H3,(H,26,28)/p+1/t22-/m1/s1. The summed E-state index contributed by atoms with van der Waals surface area (Å²) in [4.78, 5) is 26.5. The third-order valence-electron chi connectivity index (χ3n) is 5.96. The van der Waals surface area contributed by atoms with Crippen LogP contribution in [-0.4, -0.2) is 31.6 Å². The van der Waals surface area contributed by atoms with Crippen molar-refractivity contribution < 1.29 is 19.2 Å². The molecule has 160 valence electrons. The Kier molecular flexibility index (Phi) is 6.93. The molecule has 0 saturated carbocycles. The van der Waals surface area contributed by atoms with E-state index < -0.39 is 0 Å². The third kappa shape index (κ3) is 4.73. The van der Waals surface area contributed by atoms with E-state index in [-0.39, 0.29) is 24.5 Å². The molecule has 0 aromatic heterocycles. The van der Waals surface area contributed by atoms with E-state index in [0.29, 0.717) is 24.8 Å². The van der Waals surface area contributed by atoms with Gasteiger partial charge in [0.05, 0.1) is 7.11 Å². The number of benzene rings is 2. The summed E-state index contributed by atoms with van der Waals surface area (Å²) >= 11 is 0. The highest BCUT2D eigenvalue weighted by molar-refractivity contribution is 5.93. The molecule has 0 spiro atoms. The van der Waals surface area contributed by atoms with Gasteiger partial charge in [-0.1, -0.05) is 70.2 Å². The predicted molar refractivity (Wildman–Crippen MR) is 119 cm³/mol. The van der Waals surface area contributed by atoms with Crippen LogP contribution in [-0.2, 0) is 27.3 Å². The molecule has 3 rings (SSSR count). The second kappa shape index (κ2) is 9.43. The molecule has 0 fully saturated rings. The van der Waals surface area contributed by atoms with Crippen LogP contribution < -0.4 is 10.2 Å². The minimum absolute atomic E-state index is 0.0757. The first-order valence-corrected chi connectivity index (χ1v) is 10.7. The maximum Gasteiger partial charge on any atom is 0.365 e. The molecule has 1 aliphatic heterocycles. The minimum atomic E-state index is -0.374. The zero-order valence-electron chi connectivity index (χ0n) is 18.6. The number of carbonyl (C=O) groups excluding carboxylic acids is 2. The van der Waals surface area contributed by atoms with Crippen LogP contribution in [0, 0.1) is 0 Å². The van der Waals surface area contributed by atoms with Crippen molar-refractivity contribution >= 4 is 17.6 Å². The highest BCUT2D eigenvalue weighted by Crippen LogP contribution is 2.32. The highest BCUT2D eigenvalue weighted by Gasteiger charge is 2.37. The Morgan fingerprint density at radius 3 is 2.17 bits per heavy atom. The Hall–Kier alpha value is -2.66. The van der Waals surface area contributed by atoms with Crippen molar-refractivity contribution in [3.8, 4) is 0 Å². The maximum absolute atomic E-state index is 13.1. The predicted octanol–water partition coefficient (Wildman–Crippen LogP) is 3.05. The van der Waals surface area contributed by atoms with E-state index in [2.05, 4.69) is 63.3 Å². The van der Waals surface area contributed by atoms with Gasteiger partial charge in [-0.05, 0) is 28.5 Å². The topological polar surface area (TPSA) is 59.8 Å². The number of fused-ring (bicyclic) bond motifs is 1. The van der Waals surface area contributed by atoms with E-state index in [0.717, 1.165) is 27.3 Å². The largest absolute Gasteiger partial charge is 0.465 e. The molecule has 2 aromatic carbocycles. The number of ether oxygens (including phenoxy) is 1. The van der Waals surface area contributed by atoms with Gasteiger partial charge in [0.2, 0.25) is 0 Å². The molecule has 2 atom stereocenters. The van der Waals surface area contributed by atoms with Crippen LogP contribution in [0.2, 0.25) is 0 Å². The van der Waals surface area contributed by atoms with Crippen LogP contribution in [0.1, 0.15) is 61.8 Å². The molecule has 0 saturated heterocycles. The molecule has 1 aliphatic rings. The van der Waals surface area contributed by atoms with Gasteiger partial charge in [0.1, 0.15) is 6.54 Å². The van der Waals surface area contributed by atoms with Gasteiger partial charge in [-0.2, -0.15) is 0 Å². The van der Waals surface area contributed by atoms with Gasteiger partial charge < -0.3 is 15.0 Å². The Labute approximate surface area is 179 Å². The van der Waals surface area contributed by atoms with Crippen LogP contribution in [0.25, 0.3) is 0 Å². The van der Waals surface area contributed by atoms with Crippen molar-refractivity contribution in [1.82, 2.24) is 0 Å². The van der Waals surface area contributed by atoms with Gasteiger partial charge in [-0.15, -0.1) is 0 Å². The normalized spacial score (nSPS) is 18.2. The van der Waals surface area contributed by atoms with Crippen molar-refractivity contribution in [2.24, 2.45) is 0 Å². The molecule has 0 radical (unpaired) electrons. The van der Waals surface area contributed by atoms with Crippen LogP contribution in [0.5, 0.6) is 0 Å². The number of esters is 1. The fraction of sp³-hybridized carbons (Fsp3) is 0.440. The molecule has 0 bridgehead atoms. The lowest BCUT2D eigenvalue weighted by Crippen LogP contribution is -3.17. The molecule has 5 nitrogen and oxygen atoms in total. The van der Waals surface area contributed by atoms with E-state index in [1.807, 2.05) is 12.1 Å². The monoisotopic (exact) mass is 409 g/mol. The number of hydrogen-bond acceptors (Lipinski definition) is 3. The second-order valence-corrected chi connectivity index (χ2v) is 8.73. The van der Waals surface area contributed by atoms with Gasteiger partial charge in [0.15, 0.2) is 12.6 Å². The highest BCUT2D eigenvalue weighted by atomic mass is 16.5. The first-order chi connectivity index (χ1) is 14.3. The number of hydrogen-bond donors (Lipinski definition) is 2. The number of quaternary nitrogens is 1. The summed E-state index contributed by atoms with van der Waals surface area (Å²) in [6.07, 6.45) is 0.589. The first kappa shape index (κ1) is 22.0. The number of amides is 1. The smallest absolute Gasteiger partial charge is 0.365 e. The van der Waals surface area contributed by atoms with Gasteiger partial charge in [0.25, 0.3) is 5.91 Å². The SMILES string of the molecule is COC(=O)[C@H]1Cc2ccccc2C[NH+]1CC(=O)Nc1c(C(C)C)cccc1C(C)C. The van der Waals surface area contributed by atoms with E-state index in [9.17, 15) is 9.59 Å². The van der Waals surface area contributed by atoms with Crippen molar-refractivity contribution in [3.63, 3.8) is 0 Å². The number of para-hydroxylation sites is 1. The Morgan fingerprint density at radius 2 is 1.60 bits per heavy atom. The van der Waals surface area contributed by atoms with E-state index in [1.54, 1.807) is 0 Å². The molecule has 2 aromatic rings. The number of anilines is 1. The Morgan fingerprint density at radius 1 is 1.00 bits per heavy atom. The number of methoxy groups -OCH3 is 1. The van der Waals surface area contributed by atoms with Crippen LogP contribution >= 0.6 is 0 Å². The van der Waals surface area contributed by atoms with Crippen LogP contribution in [0.15, 0.2) is 42.5 Å². The molecule has 30 heavy (non-hydrogen) atoms. The maximum atomic E-state index is 13.1. The van der Waals surface area contributed by atoms with Gasteiger partial charge in [-0.25, -0.2) is 4.79 Å². The average Bonchev–Trinajstić information content (AvgIpc) is 2.72. The molecule has 0 aliphatic carbocycles. The number of nitrogens with one attached hydrogen (secondary N) is 2. The second-order valence-electron chi connectivity index (χ2n) is 8.73. The summed E-state index contributed by atoms with van der Waals surface area (Å²) in [7, 11) is 1.41. The molecular weight excluding hydrogens is 376 g/mol. The van der Waals surface area contributed by atoms with Gasteiger partial charge >= 0.3 is 5.97 Å². The number of rotatable bonds is 6. The minimum Gasteiger partial charge on any atom is -0.465 e. The first-order valence-electron chi connectivity index (χ1n) is 10.7. The molecule has 1 unspecified atom stereocenters. The van der Waals surface area contributed by atoms with Crippen molar-refractivity contribution in [2.45, 2.75) is 58.5 Å². The van der Waals surface area contributed by atoms with Crippen molar-refractivity contribution in [3.05, 3.63) is 64.7 Å². The molecule has 2 N–H and O–H groups in total. The summed E-state index contributed by atoms with van der Waals surface area (Å²) < 4.78 is 5.04. The Bertz CT molecular complexity index is 894. The number of carbonyl (C=O) groups is 2. The molecular formula is C25H33N2O3+. The molecule has 1 heterocycles. The quantitative estimate of drug-likeness (QED) is 0.721. The summed E-state index contributed by atoms with van der Waals surface area (Å²) in [5.41, 5.74) is 5.53. The lowest BCUT2D eigenvalue weighted by Gasteiger charge is -2.32. The zero-order chi connectivity index (χ0) is 21.8. The summed E-state index contributed by atoms with van der Waals surface area (Å²) in [6.45, 7) is 9.39. The third-order valence-corrected chi connectivity index (χ3v) is 5.96. The summed E-state index contributed by atoms with van der Waals surface area (Å²) in [5, 5.41) is 3.18. The van der Waals surface area contributed by atoms with Gasteiger partial charge in [-0.3, -0.25) is 4.79 Å². The zero-order valence-corrected chi connectivity index (χ0v) is 18.6. The van der Waals surface area contributed by atoms with Crippen LogP contribution in [0.4, 0.5) is 5.69 Å². The van der Waals surface area contributed by atoms with E-state index in [4.69, 9.17) is 4.74 Å². The summed E-state index contributed by atoms with van der Waals surface area (Å²) in [6, 6.07) is 14.0. The average molecular weight is 410 g/mol. The van der Waals surface area contributed by atoms with E-state index in [1.165, 1.54) is 12.7 Å². The van der Waals surface area contributed by atoms with Gasteiger partial charge in [0, 0.05) is 17.7 Å².